The number of piperidine rings is 1. The monoisotopic (exact) mass is 374 g/mol. The molecule has 5 heteroatoms. The summed E-state index contributed by atoms with van der Waals surface area (Å²) in [6, 6.07) is 18.9. The van der Waals surface area contributed by atoms with Crippen molar-refractivity contribution in [3.05, 3.63) is 77.7 Å². The van der Waals surface area contributed by atoms with Crippen LogP contribution in [0.5, 0.6) is 0 Å². The standard InChI is InChI=1S/C23H22N2O3/c1-16-20(24-22(28-16)19-10-6-3-7-11-19)23(27)25-14-12-18(13-15-25)21(26)17-8-4-2-5-9-17/h2-11,18H,12-15H2,1H3. The minimum Gasteiger partial charge on any atom is -0.441 e. The van der Waals surface area contributed by atoms with E-state index in [1.54, 1.807) is 11.8 Å². The third-order valence-corrected chi connectivity index (χ3v) is 5.23. The van der Waals surface area contributed by atoms with Gasteiger partial charge in [0, 0.05) is 30.1 Å². The number of hydrogen-bond donors (Lipinski definition) is 0. The van der Waals surface area contributed by atoms with E-state index in [9.17, 15) is 9.59 Å². The van der Waals surface area contributed by atoms with Gasteiger partial charge in [0.2, 0.25) is 5.89 Å². The van der Waals surface area contributed by atoms with E-state index in [0.717, 1.165) is 11.1 Å². The van der Waals surface area contributed by atoms with Gasteiger partial charge in [0.15, 0.2) is 11.5 Å². The summed E-state index contributed by atoms with van der Waals surface area (Å²) in [7, 11) is 0. The molecule has 0 spiro atoms. The van der Waals surface area contributed by atoms with E-state index >= 15 is 0 Å². The van der Waals surface area contributed by atoms with Gasteiger partial charge in [0.05, 0.1) is 0 Å². The SMILES string of the molecule is Cc1oc(-c2ccccc2)nc1C(=O)N1CCC(C(=O)c2ccccc2)CC1. The minimum absolute atomic E-state index is 0.0373. The van der Waals surface area contributed by atoms with Gasteiger partial charge in [-0.3, -0.25) is 9.59 Å². The van der Waals surface area contributed by atoms with Gasteiger partial charge in [-0.05, 0) is 31.9 Å². The highest BCUT2D eigenvalue weighted by atomic mass is 16.4. The molecule has 0 radical (unpaired) electrons. The molecule has 1 aliphatic rings. The van der Waals surface area contributed by atoms with Crippen molar-refractivity contribution in [2.24, 2.45) is 5.92 Å². The molecule has 28 heavy (non-hydrogen) atoms. The second-order valence-corrected chi connectivity index (χ2v) is 7.09. The Morgan fingerprint density at radius 2 is 1.57 bits per heavy atom. The van der Waals surface area contributed by atoms with Crippen molar-refractivity contribution in [2.45, 2.75) is 19.8 Å². The van der Waals surface area contributed by atoms with Crippen LogP contribution in [0.25, 0.3) is 11.5 Å². The van der Waals surface area contributed by atoms with E-state index in [2.05, 4.69) is 4.98 Å². The average molecular weight is 374 g/mol. The van der Waals surface area contributed by atoms with Crippen LogP contribution in [0.15, 0.2) is 65.1 Å². The normalized spacial score (nSPS) is 14.8. The minimum atomic E-state index is -0.131. The number of nitrogens with zero attached hydrogens (tertiary/aromatic N) is 2. The summed E-state index contributed by atoms with van der Waals surface area (Å²) in [6.45, 7) is 2.86. The van der Waals surface area contributed by atoms with Gasteiger partial charge in [0.25, 0.3) is 5.91 Å². The van der Waals surface area contributed by atoms with Crippen molar-refractivity contribution in [3.63, 3.8) is 0 Å². The zero-order valence-corrected chi connectivity index (χ0v) is 15.8. The highest BCUT2D eigenvalue weighted by Crippen LogP contribution is 2.26. The zero-order chi connectivity index (χ0) is 19.5. The number of likely N-dealkylation sites (tertiary alicyclic amines) is 1. The van der Waals surface area contributed by atoms with Crippen molar-refractivity contribution in [3.8, 4) is 11.5 Å². The third-order valence-electron chi connectivity index (χ3n) is 5.23. The Morgan fingerprint density at radius 1 is 0.964 bits per heavy atom. The van der Waals surface area contributed by atoms with Gasteiger partial charge in [0.1, 0.15) is 5.76 Å². The number of ketones is 1. The largest absolute Gasteiger partial charge is 0.441 e. The van der Waals surface area contributed by atoms with E-state index < -0.39 is 0 Å². The number of carbonyl (C=O) groups excluding carboxylic acids is 2. The van der Waals surface area contributed by atoms with Gasteiger partial charge in [-0.2, -0.15) is 0 Å². The Bertz CT molecular complexity index is 972. The molecule has 5 nitrogen and oxygen atoms in total. The highest BCUT2D eigenvalue weighted by Gasteiger charge is 2.30. The molecule has 1 aliphatic heterocycles. The van der Waals surface area contributed by atoms with Crippen LogP contribution in [0, 0.1) is 12.8 Å². The first kappa shape index (κ1) is 18.2. The number of oxazole rings is 1. The van der Waals surface area contributed by atoms with Crippen LogP contribution in [-0.2, 0) is 0 Å². The van der Waals surface area contributed by atoms with Crippen molar-refractivity contribution >= 4 is 11.7 Å². The van der Waals surface area contributed by atoms with E-state index in [0.29, 0.717) is 43.3 Å². The molecular weight excluding hydrogens is 352 g/mol. The lowest BCUT2D eigenvalue weighted by Gasteiger charge is -2.31. The Balaban J connectivity index is 1.43. The summed E-state index contributed by atoms with van der Waals surface area (Å²) in [5.74, 6) is 0.970. The quantitative estimate of drug-likeness (QED) is 0.636. The van der Waals surface area contributed by atoms with Crippen molar-refractivity contribution in [1.82, 2.24) is 9.88 Å². The number of amides is 1. The molecule has 0 saturated carbocycles. The van der Waals surface area contributed by atoms with Crippen LogP contribution in [0.3, 0.4) is 0 Å². The summed E-state index contributed by atoms with van der Waals surface area (Å²) < 4.78 is 5.72. The van der Waals surface area contributed by atoms with Gasteiger partial charge in [-0.25, -0.2) is 4.98 Å². The van der Waals surface area contributed by atoms with E-state index in [1.165, 1.54) is 0 Å². The molecule has 0 N–H and O–H groups in total. The number of aromatic nitrogens is 1. The maximum absolute atomic E-state index is 12.9. The number of hydrogen-bond acceptors (Lipinski definition) is 4. The van der Waals surface area contributed by atoms with Gasteiger partial charge in [-0.15, -0.1) is 0 Å². The number of benzene rings is 2. The van der Waals surface area contributed by atoms with Crippen LogP contribution in [0.2, 0.25) is 0 Å². The molecule has 142 valence electrons. The lowest BCUT2D eigenvalue weighted by atomic mass is 9.89. The van der Waals surface area contributed by atoms with Gasteiger partial charge < -0.3 is 9.32 Å². The fraction of sp³-hybridized carbons (Fsp3) is 0.261. The molecule has 4 rings (SSSR count). The summed E-state index contributed by atoms with van der Waals surface area (Å²) in [5.41, 5.74) is 1.94. The molecule has 1 amide bonds. The Morgan fingerprint density at radius 3 is 2.21 bits per heavy atom. The highest BCUT2D eigenvalue weighted by molar-refractivity contribution is 5.98. The Labute approximate surface area is 164 Å². The topological polar surface area (TPSA) is 63.4 Å². The lowest BCUT2D eigenvalue weighted by molar-refractivity contribution is 0.0644. The van der Waals surface area contributed by atoms with Crippen LogP contribution >= 0.6 is 0 Å². The van der Waals surface area contributed by atoms with E-state index in [-0.39, 0.29) is 17.6 Å². The fourth-order valence-corrected chi connectivity index (χ4v) is 3.63. The van der Waals surface area contributed by atoms with Crippen molar-refractivity contribution in [1.29, 1.82) is 0 Å². The molecule has 3 aromatic rings. The van der Waals surface area contributed by atoms with Crippen molar-refractivity contribution < 1.29 is 14.0 Å². The molecule has 0 atom stereocenters. The second kappa shape index (κ2) is 7.80. The third kappa shape index (κ3) is 3.60. The molecule has 1 aromatic heterocycles. The number of aryl methyl sites for hydroxylation is 1. The summed E-state index contributed by atoms with van der Waals surface area (Å²) in [4.78, 5) is 31.8. The molecule has 0 unspecified atom stereocenters. The summed E-state index contributed by atoms with van der Waals surface area (Å²) >= 11 is 0. The van der Waals surface area contributed by atoms with Crippen LogP contribution < -0.4 is 0 Å². The first-order valence-corrected chi connectivity index (χ1v) is 9.55. The maximum Gasteiger partial charge on any atom is 0.276 e. The molecular formula is C23H22N2O3. The second-order valence-electron chi connectivity index (χ2n) is 7.09. The first-order valence-electron chi connectivity index (χ1n) is 9.55. The van der Waals surface area contributed by atoms with Gasteiger partial charge >= 0.3 is 0 Å². The predicted octanol–water partition coefficient (Wildman–Crippen LogP) is 4.39. The Kier molecular flexibility index (Phi) is 5.06. The molecule has 2 heterocycles. The van der Waals surface area contributed by atoms with Crippen LogP contribution in [0.1, 0.15) is 39.4 Å². The lowest BCUT2D eigenvalue weighted by Crippen LogP contribution is -2.40. The van der Waals surface area contributed by atoms with E-state index in [1.807, 2.05) is 60.7 Å². The number of Topliss-reactive ketones (excluding diaryl/α,β-unsaturated/α-hetero) is 1. The summed E-state index contributed by atoms with van der Waals surface area (Å²) in [6.07, 6.45) is 1.34. The van der Waals surface area contributed by atoms with E-state index in [4.69, 9.17) is 4.42 Å². The summed E-state index contributed by atoms with van der Waals surface area (Å²) in [5, 5.41) is 0. The molecule has 2 aromatic carbocycles. The van der Waals surface area contributed by atoms with Crippen LogP contribution in [0.4, 0.5) is 0 Å². The maximum atomic E-state index is 12.9. The number of rotatable bonds is 4. The number of carbonyl (C=O) groups is 2. The van der Waals surface area contributed by atoms with Crippen molar-refractivity contribution in [2.75, 3.05) is 13.1 Å². The zero-order valence-electron chi connectivity index (χ0n) is 15.8. The molecule has 1 fully saturated rings. The van der Waals surface area contributed by atoms with Gasteiger partial charge in [-0.1, -0.05) is 48.5 Å². The molecule has 0 bridgehead atoms. The fourth-order valence-electron chi connectivity index (χ4n) is 3.63. The Hall–Kier alpha value is -3.21. The first-order chi connectivity index (χ1) is 13.6. The molecule has 1 saturated heterocycles. The molecule has 0 aliphatic carbocycles. The van der Waals surface area contributed by atoms with Crippen LogP contribution in [-0.4, -0.2) is 34.7 Å². The predicted molar refractivity (Wildman–Crippen MR) is 106 cm³/mol. The average Bonchev–Trinajstić information content (AvgIpc) is 3.16. The smallest absolute Gasteiger partial charge is 0.276 e.